The lowest BCUT2D eigenvalue weighted by Crippen LogP contribution is -2.32. The standard InChI is InChI=1S/C13H20N2O2S/c1-4-13(3,5-2)15-12-14-10-8(11(16)17)6-7-9(10)18-12/h8H,4-7H2,1-3H3,(H,14,15)(H,16,17). The van der Waals surface area contributed by atoms with Crippen LogP contribution in [0.2, 0.25) is 0 Å². The number of aromatic nitrogens is 1. The van der Waals surface area contributed by atoms with Crippen LogP contribution in [0.15, 0.2) is 0 Å². The Bertz CT molecular complexity index is 452. The van der Waals surface area contributed by atoms with Gasteiger partial charge in [-0.3, -0.25) is 4.79 Å². The summed E-state index contributed by atoms with van der Waals surface area (Å²) >= 11 is 1.62. The lowest BCUT2D eigenvalue weighted by Gasteiger charge is -2.27. The highest BCUT2D eigenvalue weighted by Crippen LogP contribution is 2.39. The molecule has 0 bridgehead atoms. The normalized spacial score (nSPS) is 18.7. The summed E-state index contributed by atoms with van der Waals surface area (Å²) in [5.41, 5.74) is 0.828. The second-order valence-electron chi connectivity index (χ2n) is 5.15. The Morgan fingerprint density at radius 3 is 2.78 bits per heavy atom. The van der Waals surface area contributed by atoms with Crippen molar-refractivity contribution in [1.29, 1.82) is 0 Å². The van der Waals surface area contributed by atoms with Gasteiger partial charge in [-0.05, 0) is 32.6 Å². The summed E-state index contributed by atoms with van der Waals surface area (Å²) in [6.07, 6.45) is 3.59. The van der Waals surface area contributed by atoms with E-state index in [0.717, 1.165) is 35.0 Å². The number of thiazole rings is 1. The molecule has 1 aromatic heterocycles. The number of nitrogens with zero attached hydrogens (tertiary/aromatic N) is 1. The summed E-state index contributed by atoms with van der Waals surface area (Å²) in [5.74, 6) is -1.15. The maximum atomic E-state index is 11.1. The molecule has 2 N–H and O–H groups in total. The van der Waals surface area contributed by atoms with Crippen LogP contribution in [0.3, 0.4) is 0 Å². The summed E-state index contributed by atoms with van der Waals surface area (Å²) in [6, 6.07) is 0. The molecule has 0 saturated heterocycles. The number of rotatable bonds is 5. The van der Waals surface area contributed by atoms with E-state index in [9.17, 15) is 4.79 Å². The Labute approximate surface area is 111 Å². The van der Waals surface area contributed by atoms with Crippen molar-refractivity contribution >= 4 is 22.4 Å². The lowest BCUT2D eigenvalue weighted by atomic mass is 9.96. The third kappa shape index (κ3) is 2.36. The minimum Gasteiger partial charge on any atom is -0.481 e. The lowest BCUT2D eigenvalue weighted by molar-refractivity contribution is -0.138. The average molecular weight is 268 g/mol. The number of carboxylic acid groups (broad SMARTS) is 1. The van der Waals surface area contributed by atoms with Gasteiger partial charge in [0.1, 0.15) is 5.92 Å². The number of carboxylic acids is 1. The molecular formula is C13H20N2O2S. The molecule has 0 spiro atoms. The number of nitrogens with one attached hydrogen (secondary N) is 1. The van der Waals surface area contributed by atoms with Gasteiger partial charge in [0.15, 0.2) is 5.13 Å². The van der Waals surface area contributed by atoms with Crippen molar-refractivity contribution < 1.29 is 9.90 Å². The second-order valence-corrected chi connectivity index (χ2v) is 6.23. The Kier molecular flexibility index (Phi) is 3.61. The van der Waals surface area contributed by atoms with E-state index in [4.69, 9.17) is 5.11 Å². The maximum absolute atomic E-state index is 11.1. The summed E-state index contributed by atoms with van der Waals surface area (Å²) in [7, 11) is 0. The van der Waals surface area contributed by atoms with E-state index in [-0.39, 0.29) is 5.54 Å². The molecule has 0 saturated carbocycles. The molecule has 0 fully saturated rings. The molecule has 0 aromatic carbocycles. The quantitative estimate of drug-likeness (QED) is 0.860. The summed E-state index contributed by atoms with van der Waals surface area (Å²) in [4.78, 5) is 16.8. The number of hydrogen-bond acceptors (Lipinski definition) is 4. The molecule has 1 aromatic rings. The number of fused-ring (bicyclic) bond motifs is 1. The van der Waals surface area contributed by atoms with Gasteiger partial charge in [-0.2, -0.15) is 0 Å². The first-order valence-corrected chi connectivity index (χ1v) is 7.31. The van der Waals surface area contributed by atoms with Crippen molar-refractivity contribution in [3.05, 3.63) is 10.6 Å². The molecule has 0 radical (unpaired) electrons. The van der Waals surface area contributed by atoms with E-state index in [0.29, 0.717) is 6.42 Å². The van der Waals surface area contributed by atoms with Crippen molar-refractivity contribution in [2.75, 3.05) is 5.32 Å². The van der Waals surface area contributed by atoms with Gasteiger partial charge in [0.25, 0.3) is 0 Å². The van der Waals surface area contributed by atoms with Crippen LogP contribution in [-0.4, -0.2) is 21.6 Å². The molecule has 1 aliphatic rings. The number of hydrogen-bond donors (Lipinski definition) is 2. The SMILES string of the molecule is CCC(C)(CC)Nc1nc2c(s1)CCC2C(=O)O. The molecule has 18 heavy (non-hydrogen) atoms. The average Bonchev–Trinajstić information content (AvgIpc) is 2.87. The van der Waals surface area contributed by atoms with Gasteiger partial charge in [-0.15, -0.1) is 11.3 Å². The van der Waals surface area contributed by atoms with Crippen LogP contribution in [0.25, 0.3) is 0 Å². The molecule has 100 valence electrons. The predicted octanol–water partition coefficient (Wildman–Crippen LogP) is 3.25. The van der Waals surface area contributed by atoms with Crippen LogP contribution < -0.4 is 5.32 Å². The number of anilines is 1. The van der Waals surface area contributed by atoms with Gasteiger partial charge in [-0.1, -0.05) is 13.8 Å². The fourth-order valence-electron chi connectivity index (χ4n) is 2.21. The first-order valence-electron chi connectivity index (χ1n) is 6.49. The van der Waals surface area contributed by atoms with Crippen molar-refractivity contribution in [1.82, 2.24) is 4.98 Å². The molecule has 1 unspecified atom stereocenters. The fraction of sp³-hybridized carbons (Fsp3) is 0.692. The smallest absolute Gasteiger partial charge is 0.312 e. The number of aryl methyl sites for hydroxylation is 1. The minimum atomic E-state index is -0.751. The van der Waals surface area contributed by atoms with Crippen LogP contribution >= 0.6 is 11.3 Å². The van der Waals surface area contributed by atoms with Crippen LogP contribution in [-0.2, 0) is 11.2 Å². The van der Waals surface area contributed by atoms with E-state index in [2.05, 4.69) is 31.1 Å². The zero-order valence-corrected chi connectivity index (χ0v) is 11.9. The van der Waals surface area contributed by atoms with Gasteiger partial charge in [0.2, 0.25) is 0 Å². The van der Waals surface area contributed by atoms with Crippen molar-refractivity contribution in [3.63, 3.8) is 0 Å². The predicted molar refractivity (Wildman–Crippen MR) is 73.4 cm³/mol. The van der Waals surface area contributed by atoms with E-state index < -0.39 is 11.9 Å². The Hall–Kier alpha value is -1.10. The second kappa shape index (κ2) is 4.88. The van der Waals surface area contributed by atoms with Crippen molar-refractivity contribution in [2.24, 2.45) is 0 Å². The van der Waals surface area contributed by atoms with Crippen LogP contribution in [0, 0.1) is 0 Å². The number of carbonyl (C=O) groups is 1. The topological polar surface area (TPSA) is 62.2 Å². The molecule has 1 heterocycles. The molecule has 2 rings (SSSR count). The van der Waals surface area contributed by atoms with E-state index >= 15 is 0 Å². The van der Waals surface area contributed by atoms with Crippen LogP contribution in [0.1, 0.15) is 56.5 Å². The Morgan fingerprint density at radius 1 is 1.56 bits per heavy atom. The molecule has 1 atom stereocenters. The van der Waals surface area contributed by atoms with Gasteiger partial charge in [0.05, 0.1) is 5.69 Å². The molecular weight excluding hydrogens is 248 g/mol. The van der Waals surface area contributed by atoms with E-state index in [1.54, 1.807) is 11.3 Å². The summed E-state index contributed by atoms with van der Waals surface area (Å²) in [5, 5.41) is 13.5. The third-order valence-corrected chi connectivity index (χ3v) is 5.03. The van der Waals surface area contributed by atoms with Gasteiger partial charge < -0.3 is 10.4 Å². The zero-order chi connectivity index (χ0) is 13.3. The molecule has 0 amide bonds. The highest BCUT2D eigenvalue weighted by atomic mass is 32.1. The molecule has 1 aliphatic carbocycles. The maximum Gasteiger partial charge on any atom is 0.312 e. The monoisotopic (exact) mass is 268 g/mol. The van der Waals surface area contributed by atoms with Gasteiger partial charge in [-0.25, -0.2) is 4.98 Å². The zero-order valence-electron chi connectivity index (χ0n) is 11.1. The van der Waals surface area contributed by atoms with Crippen molar-refractivity contribution in [3.8, 4) is 0 Å². The minimum absolute atomic E-state index is 0.0459. The van der Waals surface area contributed by atoms with Crippen LogP contribution in [0.5, 0.6) is 0 Å². The van der Waals surface area contributed by atoms with E-state index in [1.165, 1.54) is 0 Å². The highest BCUT2D eigenvalue weighted by Gasteiger charge is 2.33. The Balaban J connectivity index is 2.19. The first kappa shape index (κ1) is 13.3. The fourth-order valence-corrected chi connectivity index (χ4v) is 3.39. The number of aliphatic carboxylic acids is 1. The van der Waals surface area contributed by atoms with E-state index in [1.807, 2.05) is 0 Å². The molecule has 4 nitrogen and oxygen atoms in total. The first-order chi connectivity index (χ1) is 8.49. The van der Waals surface area contributed by atoms with Gasteiger partial charge >= 0.3 is 5.97 Å². The van der Waals surface area contributed by atoms with Gasteiger partial charge in [0, 0.05) is 10.4 Å². The largest absolute Gasteiger partial charge is 0.481 e. The van der Waals surface area contributed by atoms with Crippen molar-refractivity contribution in [2.45, 2.75) is 57.9 Å². The van der Waals surface area contributed by atoms with Crippen LogP contribution in [0.4, 0.5) is 5.13 Å². The summed E-state index contributed by atoms with van der Waals surface area (Å²) < 4.78 is 0. The molecule has 5 heteroatoms. The molecule has 0 aliphatic heterocycles. The highest BCUT2D eigenvalue weighted by molar-refractivity contribution is 7.15. The summed E-state index contributed by atoms with van der Waals surface area (Å²) in [6.45, 7) is 6.48. The third-order valence-electron chi connectivity index (χ3n) is 3.99. The Morgan fingerprint density at radius 2 is 2.22 bits per heavy atom.